The molecule has 166 valence electrons. The lowest BCUT2D eigenvalue weighted by molar-refractivity contribution is -0.121. The number of hydrogen-bond acceptors (Lipinski definition) is 4. The van der Waals surface area contributed by atoms with Gasteiger partial charge in [-0.05, 0) is 47.4 Å². The molecule has 0 saturated carbocycles. The zero-order valence-electron chi connectivity index (χ0n) is 18.0. The monoisotopic (exact) mass is 449 g/mol. The summed E-state index contributed by atoms with van der Waals surface area (Å²) in [4.78, 5) is 14.8. The summed E-state index contributed by atoms with van der Waals surface area (Å²) in [6.07, 6.45) is 1.26. The summed E-state index contributed by atoms with van der Waals surface area (Å²) in [7, 11) is 0. The fourth-order valence-electron chi connectivity index (χ4n) is 3.92. The quantitative estimate of drug-likeness (QED) is 0.537. The lowest BCUT2D eigenvalue weighted by Crippen LogP contribution is -2.37. The van der Waals surface area contributed by atoms with Crippen LogP contribution in [0.1, 0.15) is 23.1 Å². The lowest BCUT2D eigenvalue weighted by Gasteiger charge is -2.20. The Kier molecular flexibility index (Phi) is 7.30. The van der Waals surface area contributed by atoms with Crippen molar-refractivity contribution < 1.29 is 9.53 Å². The number of anilines is 1. The fraction of sp³-hybridized carbons (Fsp3) is 0.269. The van der Waals surface area contributed by atoms with Gasteiger partial charge in [-0.3, -0.25) is 4.79 Å². The van der Waals surface area contributed by atoms with Crippen LogP contribution in [0, 0.1) is 0 Å². The fourth-order valence-corrected chi connectivity index (χ4v) is 4.17. The van der Waals surface area contributed by atoms with E-state index in [-0.39, 0.29) is 11.9 Å². The molecule has 0 radical (unpaired) electrons. The molecule has 4 rings (SSSR count). The summed E-state index contributed by atoms with van der Waals surface area (Å²) in [5.41, 5.74) is 9.79. The van der Waals surface area contributed by atoms with Gasteiger partial charge in [-0.2, -0.15) is 0 Å². The molecule has 32 heavy (non-hydrogen) atoms. The minimum Gasteiger partial charge on any atom is -0.489 e. The first-order chi connectivity index (χ1) is 15.6. The summed E-state index contributed by atoms with van der Waals surface area (Å²) in [6.45, 7) is 2.62. The minimum absolute atomic E-state index is 0.0336. The van der Waals surface area contributed by atoms with Crippen LogP contribution in [0.5, 0.6) is 5.75 Å². The number of hydrogen-bond donors (Lipinski definition) is 2. The molecule has 1 heterocycles. The van der Waals surface area contributed by atoms with Crippen molar-refractivity contribution in [2.45, 2.75) is 32.0 Å². The maximum atomic E-state index is 12.5. The number of ether oxygens (including phenoxy) is 1. The molecule has 0 aromatic heterocycles. The average Bonchev–Trinajstić information content (AvgIpc) is 3.27. The molecule has 5 nitrogen and oxygen atoms in total. The average molecular weight is 450 g/mol. The number of benzene rings is 3. The van der Waals surface area contributed by atoms with Crippen molar-refractivity contribution in [1.82, 2.24) is 5.32 Å². The zero-order chi connectivity index (χ0) is 22.3. The van der Waals surface area contributed by atoms with Crippen molar-refractivity contribution in [3.8, 4) is 5.75 Å². The molecule has 3 aromatic rings. The molecule has 1 saturated heterocycles. The maximum absolute atomic E-state index is 12.5. The van der Waals surface area contributed by atoms with Gasteiger partial charge in [-0.25, -0.2) is 0 Å². The summed E-state index contributed by atoms with van der Waals surface area (Å²) < 4.78 is 5.81. The molecule has 0 aliphatic carbocycles. The van der Waals surface area contributed by atoms with Crippen LogP contribution in [0.2, 0.25) is 5.02 Å². The topological polar surface area (TPSA) is 67.6 Å². The van der Waals surface area contributed by atoms with Gasteiger partial charge >= 0.3 is 0 Å². The Morgan fingerprint density at radius 1 is 1.06 bits per heavy atom. The molecule has 3 N–H and O–H groups in total. The van der Waals surface area contributed by atoms with Crippen LogP contribution in [-0.2, 0) is 24.4 Å². The second kappa shape index (κ2) is 10.5. The van der Waals surface area contributed by atoms with E-state index in [1.165, 1.54) is 0 Å². The van der Waals surface area contributed by atoms with E-state index in [4.69, 9.17) is 22.1 Å². The van der Waals surface area contributed by atoms with Crippen LogP contribution >= 0.6 is 11.6 Å². The highest BCUT2D eigenvalue weighted by Gasteiger charge is 2.24. The van der Waals surface area contributed by atoms with Gasteiger partial charge < -0.3 is 20.7 Å². The summed E-state index contributed by atoms with van der Waals surface area (Å²) >= 11 is 6.30. The predicted molar refractivity (Wildman–Crippen MR) is 129 cm³/mol. The molecule has 1 amide bonds. The van der Waals surface area contributed by atoms with E-state index in [1.807, 2.05) is 72.8 Å². The summed E-state index contributed by atoms with van der Waals surface area (Å²) in [6, 6.07) is 23.9. The third-order valence-corrected chi connectivity index (χ3v) is 6.06. The number of amides is 1. The Labute approximate surface area is 194 Å². The summed E-state index contributed by atoms with van der Waals surface area (Å²) in [5, 5.41) is 3.85. The number of nitrogens with two attached hydrogens (primary N) is 1. The largest absolute Gasteiger partial charge is 0.489 e. The maximum Gasteiger partial charge on any atom is 0.224 e. The second-order valence-corrected chi connectivity index (χ2v) is 8.48. The standard InChI is InChI=1S/C26H28ClN3O2/c27-25-15-23(9-8-21(25)16-28)30-13-12-22(17-30)29-26(31)14-19-6-10-24(11-7-19)32-18-20-4-2-1-3-5-20/h1-11,15,22H,12-14,16-18,28H2,(H,29,31)/t22-/m1/s1. The molecular weight excluding hydrogens is 422 g/mol. The lowest BCUT2D eigenvalue weighted by atomic mass is 10.1. The smallest absolute Gasteiger partial charge is 0.224 e. The van der Waals surface area contributed by atoms with Crippen LogP contribution < -0.4 is 20.7 Å². The first-order valence-electron chi connectivity index (χ1n) is 10.9. The first-order valence-corrected chi connectivity index (χ1v) is 11.3. The molecule has 6 heteroatoms. The highest BCUT2D eigenvalue weighted by Crippen LogP contribution is 2.26. The number of rotatable bonds is 8. The van der Waals surface area contributed by atoms with E-state index in [0.29, 0.717) is 24.6 Å². The Morgan fingerprint density at radius 3 is 2.56 bits per heavy atom. The predicted octanol–water partition coefficient (Wildman–Crippen LogP) is 4.32. The van der Waals surface area contributed by atoms with E-state index in [1.54, 1.807) is 0 Å². The molecule has 1 aliphatic rings. The molecule has 1 fully saturated rings. The van der Waals surface area contributed by atoms with E-state index >= 15 is 0 Å². The van der Waals surface area contributed by atoms with Crippen molar-refractivity contribution in [2.24, 2.45) is 5.73 Å². The van der Waals surface area contributed by atoms with E-state index in [9.17, 15) is 4.79 Å². The molecule has 3 aromatic carbocycles. The minimum atomic E-state index is 0.0336. The van der Waals surface area contributed by atoms with Gasteiger partial charge in [-0.15, -0.1) is 0 Å². The second-order valence-electron chi connectivity index (χ2n) is 8.07. The van der Waals surface area contributed by atoms with Gasteiger partial charge in [0.15, 0.2) is 0 Å². The zero-order valence-corrected chi connectivity index (χ0v) is 18.7. The van der Waals surface area contributed by atoms with Gasteiger partial charge in [0.25, 0.3) is 0 Å². The van der Waals surface area contributed by atoms with Gasteiger partial charge in [0.2, 0.25) is 5.91 Å². The van der Waals surface area contributed by atoms with Crippen molar-refractivity contribution in [2.75, 3.05) is 18.0 Å². The summed E-state index contributed by atoms with van der Waals surface area (Å²) in [5.74, 6) is 0.829. The number of halogens is 1. The first kappa shape index (κ1) is 22.2. The Morgan fingerprint density at radius 2 is 1.84 bits per heavy atom. The van der Waals surface area contributed by atoms with Crippen molar-refractivity contribution in [3.63, 3.8) is 0 Å². The number of carbonyl (C=O) groups excluding carboxylic acids is 1. The van der Waals surface area contributed by atoms with Crippen molar-refractivity contribution in [3.05, 3.63) is 94.5 Å². The Balaban J connectivity index is 1.24. The van der Waals surface area contributed by atoms with E-state index < -0.39 is 0 Å². The van der Waals surface area contributed by atoms with Gasteiger partial charge in [0.05, 0.1) is 6.42 Å². The molecule has 0 unspecified atom stereocenters. The molecule has 1 aliphatic heterocycles. The molecule has 0 spiro atoms. The molecular formula is C26H28ClN3O2. The van der Waals surface area contributed by atoms with Crippen LogP contribution in [0.4, 0.5) is 5.69 Å². The normalized spacial score (nSPS) is 15.6. The highest BCUT2D eigenvalue weighted by atomic mass is 35.5. The Hall–Kier alpha value is -3.02. The van der Waals surface area contributed by atoms with Crippen molar-refractivity contribution >= 4 is 23.2 Å². The number of nitrogens with zero attached hydrogens (tertiary/aromatic N) is 1. The van der Waals surface area contributed by atoms with Gasteiger partial charge in [0.1, 0.15) is 12.4 Å². The van der Waals surface area contributed by atoms with E-state index in [2.05, 4.69) is 10.2 Å². The molecule has 0 bridgehead atoms. The highest BCUT2D eigenvalue weighted by molar-refractivity contribution is 6.31. The van der Waals surface area contributed by atoms with Crippen LogP contribution in [-0.4, -0.2) is 25.0 Å². The van der Waals surface area contributed by atoms with Crippen molar-refractivity contribution in [1.29, 1.82) is 0 Å². The Bertz CT molecular complexity index is 1040. The van der Waals surface area contributed by atoms with Crippen LogP contribution in [0.15, 0.2) is 72.8 Å². The van der Waals surface area contributed by atoms with Gasteiger partial charge in [-0.1, -0.05) is 60.1 Å². The third-order valence-electron chi connectivity index (χ3n) is 5.71. The van der Waals surface area contributed by atoms with E-state index in [0.717, 1.165) is 47.6 Å². The SMILES string of the molecule is NCc1ccc(N2CC[C@@H](NC(=O)Cc3ccc(OCc4ccccc4)cc3)C2)cc1Cl. The number of nitrogens with one attached hydrogen (secondary N) is 1. The third kappa shape index (κ3) is 5.81. The van der Waals surface area contributed by atoms with Crippen LogP contribution in [0.3, 0.4) is 0 Å². The number of carbonyl (C=O) groups is 1. The van der Waals surface area contributed by atoms with Crippen LogP contribution in [0.25, 0.3) is 0 Å². The molecule has 1 atom stereocenters. The van der Waals surface area contributed by atoms with Gasteiger partial charge in [0, 0.05) is 36.4 Å².